The quantitative estimate of drug-likeness (QED) is 0.242. The highest BCUT2D eigenvalue weighted by molar-refractivity contribution is 5.98. The van der Waals surface area contributed by atoms with Crippen molar-refractivity contribution in [1.82, 2.24) is 9.88 Å². The topological polar surface area (TPSA) is 119 Å². The van der Waals surface area contributed by atoms with Crippen molar-refractivity contribution in [3.05, 3.63) is 58.5 Å². The molecule has 222 valence electrons. The lowest BCUT2D eigenvalue weighted by Crippen LogP contribution is -2.26. The van der Waals surface area contributed by atoms with Crippen LogP contribution in [0.1, 0.15) is 81.6 Å². The maximum absolute atomic E-state index is 13.2. The molecule has 1 aliphatic heterocycles. The van der Waals surface area contributed by atoms with Crippen LogP contribution < -0.4 is 5.32 Å². The van der Waals surface area contributed by atoms with Gasteiger partial charge in [0.15, 0.2) is 6.29 Å². The second-order valence-corrected chi connectivity index (χ2v) is 10.2. The van der Waals surface area contributed by atoms with Crippen molar-refractivity contribution in [2.45, 2.75) is 67.3 Å². The molecule has 3 rings (SSSR count). The second kappa shape index (κ2) is 20.4. The number of nitrogens with one attached hydrogen (secondary N) is 3. The minimum Gasteiger partial charge on any atom is -0.468 e. The highest BCUT2D eigenvalue weighted by Crippen LogP contribution is 2.21. The number of carbonyl (C=O) groups excluding carboxylic acids is 2. The predicted octanol–water partition coefficient (Wildman–Crippen LogP) is 6.41. The van der Waals surface area contributed by atoms with E-state index in [1.54, 1.807) is 13.0 Å². The van der Waals surface area contributed by atoms with E-state index in [1.807, 2.05) is 53.1 Å². The molecule has 2 heterocycles. The molecule has 40 heavy (non-hydrogen) atoms. The minimum absolute atomic E-state index is 0.166. The number of benzene rings is 1. The average Bonchev–Trinajstić information content (AvgIpc) is 2.92. The molecule has 8 nitrogen and oxygen atoms in total. The summed E-state index contributed by atoms with van der Waals surface area (Å²) in [5.41, 5.74) is 4.41. The molecule has 0 radical (unpaired) electrons. The van der Waals surface area contributed by atoms with Crippen molar-refractivity contribution in [2.24, 2.45) is 11.8 Å². The fourth-order valence-electron chi connectivity index (χ4n) is 3.42. The molecule has 1 aliphatic rings. The average molecular weight is 558 g/mol. The molecule has 0 saturated heterocycles. The molecule has 0 aliphatic carbocycles. The number of pyridine rings is 1. The van der Waals surface area contributed by atoms with Gasteiger partial charge in [-0.2, -0.15) is 0 Å². The van der Waals surface area contributed by atoms with Crippen molar-refractivity contribution < 1.29 is 18.7 Å². The van der Waals surface area contributed by atoms with Gasteiger partial charge in [-0.3, -0.25) is 9.59 Å². The van der Waals surface area contributed by atoms with Crippen molar-refractivity contribution in [2.75, 3.05) is 32.6 Å². The van der Waals surface area contributed by atoms with Gasteiger partial charge in [0.1, 0.15) is 11.6 Å². The van der Waals surface area contributed by atoms with Gasteiger partial charge in [0.25, 0.3) is 6.47 Å². The number of aldehydes is 1. The van der Waals surface area contributed by atoms with Crippen LogP contribution in [0.4, 0.5) is 10.2 Å². The number of fused-ring (bicyclic) bond motifs is 1. The Morgan fingerprint density at radius 3 is 2.30 bits per heavy atom. The third-order valence-corrected chi connectivity index (χ3v) is 5.84. The van der Waals surface area contributed by atoms with Gasteiger partial charge in [-0.25, -0.2) is 9.37 Å². The molecular formula is C31H48FN5O3. The van der Waals surface area contributed by atoms with E-state index in [0.29, 0.717) is 25.1 Å². The van der Waals surface area contributed by atoms with Crippen LogP contribution >= 0.6 is 0 Å². The first kappa shape index (κ1) is 36.5. The van der Waals surface area contributed by atoms with Gasteiger partial charge in [0, 0.05) is 25.8 Å². The first-order chi connectivity index (χ1) is 18.9. The van der Waals surface area contributed by atoms with Gasteiger partial charge in [0.2, 0.25) is 0 Å². The maximum Gasteiger partial charge on any atom is 0.293 e. The van der Waals surface area contributed by atoms with Crippen LogP contribution in [0, 0.1) is 28.5 Å². The molecule has 0 fully saturated rings. The first-order valence-electron chi connectivity index (χ1n) is 13.7. The van der Waals surface area contributed by atoms with E-state index in [0.717, 1.165) is 66.6 Å². The molecular weight excluding hydrogens is 509 g/mol. The van der Waals surface area contributed by atoms with Crippen LogP contribution in [0.3, 0.4) is 0 Å². The third-order valence-electron chi connectivity index (χ3n) is 5.84. The van der Waals surface area contributed by atoms with E-state index in [9.17, 15) is 14.0 Å². The number of nitrogens with zero attached hydrogens (tertiary/aromatic N) is 2. The fourth-order valence-corrected chi connectivity index (χ4v) is 3.42. The van der Waals surface area contributed by atoms with Crippen molar-refractivity contribution in [1.29, 1.82) is 10.8 Å². The van der Waals surface area contributed by atoms with Gasteiger partial charge in [-0.15, -0.1) is 0 Å². The molecule has 2 aromatic rings. The smallest absolute Gasteiger partial charge is 0.293 e. The van der Waals surface area contributed by atoms with Crippen molar-refractivity contribution >= 4 is 30.0 Å². The van der Waals surface area contributed by atoms with E-state index in [1.165, 1.54) is 6.07 Å². The van der Waals surface area contributed by atoms with Crippen LogP contribution in [0.25, 0.3) is 0 Å². The number of halogens is 1. The molecule has 0 amide bonds. The predicted molar refractivity (Wildman–Crippen MR) is 162 cm³/mol. The normalized spacial score (nSPS) is 11.9. The summed E-state index contributed by atoms with van der Waals surface area (Å²) in [4.78, 5) is 26.2. The molecule has 0 atom stereocenters. The highest BCUT2D eigenvalue weighted by atomic mass is 19.1. The summed E-state index contributed by atoms with van der Waals surface area (Å²) in [5, 5.41) is 17.8. The van der Waals surface area contributed by atoms with E-state index in [4.69, 9.17) is 10.8 Å². The highest BCUT2D eigenvalue weighted by Gasteiger charge is 2.15. The van der Waals surface area contributed by atoms with Crippen LogP contribution in [0.15, 0.2) is 30.3 Å². The molecule has 0 bridgehead atoms. The first-order valence-corrected chi connectivity index (χ1v) is 13.7. The number of carbonyl (C=O) groups is 2. The fraction of sp³-hybridized carbons (Fsp3) is 0.516. The van der Waals surface area contributed by atoms with Gasteiger partial charge in [-0.05, 0) is 87.4 Å². The molecule has 9 heteroatoms. The lowest BCUT2D eigenvalue weighted by Gasteiger charge is -2.25. The number of likely N-dealkylation sites (N-methyl/N-ethyl adjacent to an activating group) is 1. The summed E-state index contributed by atoms with van der Waals surface area (Å²) in [6.07, 6.45) is 3.57. The third kappa shape index (κ3) is 15.2. The van der Waals surface area contributed by atoms with Crippen LogP contribution in [-0.4, -0.2) is 61.3 Å². The van der Waals surface area contributed by atoms with E-state index in [2.05, 4.69) is 33.8 Å². The Morgan fingerprint density at radius 1 is 1.18 bits per heavy atom. The zero-order valence-corrected chi connectivity index (χ0v) is 25.4. The second-order valence-electron chi connectivity index (χ2n) is 10.2. The van der Waals surface area contributed by atoms with Crippen LogP contribution in [0.5, 0.6) is 0 Å². The number of aromatic nitrogens is 1. The van der Waals surface area contributed by atoms with E-state index in [-0.39, 0.29) is 11.5 Å². The summed E-state index contributed by atoms with van der Waals surface area (Å²) < 4.78 is 17.4. The summed E-state index contributed by atoms with van der Waals surface area (Å²) in [7, 11) is 3.85. The SMILES string of the molecule is CC(=N)CCC(C)C.CCOC=O.CN1CCc2cc(F)c(C=O)cc2C1.CNc1cccc(C(=N)C(C)C)n1. The number of hydrogen-bond acceptors (Lipinski definition) is 8. The molecule has 1 aromatic carbocycles. The molecule has 3 N–H and O–H groups in total. The van der Waals surface area contributed by atoms with Gasteiger partial charge in [-0.1, -0.05) is 33.8 Å². The largest absolute Gasteiger partial charge is 0.468 e. The Labute approximate surface area is 239 Å². The Morgan fingerprint density at radius 2 is 1.85 bits per heavy atom. The summed E-state index contributed by atoms with van der Waals surface area (Å²) in [6.45, 7) is 14.6. The maximum atomic E-state index is 13.2. The number of anilines is 1. The Hall–Kier alpha value is -3.46. The zero-order valence-electron chi connectivity index (χ0n) is 25.4. The summed E-state index contributed by atoms with van der Waals surface area (Å²) in [6, 6.07) is 8.81. The lowest BCUT2D eigenvalue weighted by molar-refractivity contribution is -0.128. The van der Waals surface area contributed by atoms with Gasteiger partial charge < -0.3 is 25.8 Å². The minimum atomic E-state index is -0.400. The zero-order chi connectivity index (χ0) is 30.7. The van der Waals surface area contributed by atoms with Crippen molar-refractivity contribution in [3.8, 4) is 0 Å². The number of hydrogen-bond donors (Lipinski definition) is 3. The monoisotopic (exact) mass is 557 g/mol. The Bertz CT molecular complexity index is 1070. The molecule has 0 saturated carbocycles. The van der Waals surface area contributed by atoms with Crippen LogP contribution in [-0.2, 0) is 22.5 Å². The van der Waals surface area contributed by atoms with Crippen LogP contribution in [0.2, 0.25) is 0 Å². The molecule has 1 aromatic heterocycles. The molecule has 0 unspecified atom stereocenters. The van der Waals surface area contributed by atoms with E-state index >= 15 is 0 Å². The standard InChI is InChI=1S/C11H12FNO.C10H15N3.C7H15N.C3H6O2/c1-13-3-2-8-5-11(12)10(7-14)4-9(8)6-13;1-7(2)10(11)8-5-4-6-9(12-3)13-8;1-6(2)4-5-7(3)8;1-2-5-3-4/h4-5,7H,2-3,6H2,1H3;4-7,11H,1-3H3,(H,12,13);6,8H,4-5H2,1-3H3;3H,2H2,1H3. The summed E-state index contributed by atoms with van der Waals surface area (Å²) in [5.74, 6) is 1.38. The summed E-state index contributed by atoms with van der Waals surface area (Å²) >= 11 is 0. The Kier molecular flexibility index (Phi) is 18.7. The van der Waals surface area contributed by atoms with Crippen molar-refractivity contribution in [3.63, 3.8) is 0 Å². The van der Waals surface area contributed by atoms with Gasteiger partial charge >= 0.3 is 0 Å². The number of ether oxygens (including phenoxy) is 1. The van der Waals surface area contributed by atoms with E-state index < -0.39 is 5.82 Å². The number of rotatable bonds is 9. The molecule has 0 spiro atoms. The lowest BCUT2D eigenvalue weighted by atomic mass is 9.97. The Balaban J connectivity index is 0.000000543. The van der Waals surface area contributed by atoms with Gasteiger partial charge in [0.05, 0.1) is 23.6 Å².